The van der Waals surface area contributed by atoms with Crippen molar-refractivity contribution >= 4 is 28.8 Å². The normalized spacial score (nSPS) is 12.2. The molecule has 0 heterocycles. The van der Waals surface area contributed by atoms with Crippen LogP contribution in [-0.2, 0) is 0 Å². The lowest BCUT2D eigenvalue weighted by Gasteiger charge is -2.18. The molecule has 0 aromatic heterocycles. The van der Waals surface area contributed by atoms with E-state index in [0.717, 1.165) is 11.6 Å². The van der Waals surface area contributed by atoms with Gasteiger partial charge in [-0.25, -0.2) is 0 Å². The number of nitrogens with zero attached hydrogens (tertiary/aromatic N) is 3. The van der Waals surface area contributed by atoms with Crippen molar-refractivity contribution in [2.24, 2.45) is 10.5 Å². The predicted octanol–water partition coefficient (Wildman–Crippen LogP) is 5.03. The highest BCUT2D eigenvalue weighted by Gasteiger charge is 2.21. The van der Waals surface area contributed by atoms with Crippen LogP contribution in [0.5, 0.6) is 0 Å². The molecule has 0 fully saturated rings. The molecule has 8 heteroatoms. The van der Waals surface area contributed by atoms with Crippen LogP contribution in [0.1, 0.15) is 26.3 Å². The third-order valence-corrected chi connectivity index (χ3v) is 3.69. The van der Waals surface area contributed by atoms with Gasteiger partial charge in [0.1, 0.15) is 5.69 Å². The molecule has 0 saturated heterocycles. The summed E-state index contributed by atoms with van der Waals surface area (Å²) in [6.45, 7) is 5.90. The monoisotopic (exact) mass is 368 g/mol. The minimum atomic E-state index is -0.679. The first-order chi connectivity index (χ1) is 12.7. The van der Waals surface area contributed by atoms with Gasteiger partial charge in [0, 0.05) is 11.5 Å². The Morgan fingerprint density at radius 2 is 1.70 bits per heavy atom. The second-order valence-corrected chi connectivity index (χ2v) is 6.82. The van der Waals surface area contributed by atoms with Crippen LogP contribution in [0, 0.1) is 25.6 Å². The molecule has 0 aliphatic heterocycles. The summed E-state index contributed by atoms with van der Waals surface area (Å²) in [6.07, 6.45) is 3.73. The number of nitrogens with one attached hydrogen (secondary N) is 1. The highest BCUT2D eigenvalue weighted by atomic mass is 16.6. The molecule has 0 spiro atoms. The van der Waals surface area contributed by atoms with E-state index in [0.29, 0.717) is 5.71 Å². The van der Waals surface area contributed by atoms with Crippen LogP contribution in [0.15, 0.2) is 59.7 Å². The molecule has 27 heavy (non-hydrogen) atoms. The lowest BCUT2D eigenvalue weighted by Crippen LogP contribution is -2.19. The molecular formula is C19H20N4O4. The standard InChI is InChI=1S/C19H20N4O4/c1-19(2,3)18(12-9-14-7-5-4-6-8-14)21-20-16-11-10-15(22(24)25)13-17(16)23(26)27/h4-13,20H,1-3H3/b12-9+,21-18?. The Morgan fingerprint density at radius 3 is 2.26 bits per heavy atom. The van der Waals surface area contributed by atoms with E-state index < -0.39 is 15.5 Å². The van der Waals surface area contributed by atoms with E-state index in [9.17, 15) is 20.2 Å². The van der Waals surface area contributed by atoms with Gasteiger partial charge in [0.25, 0.3) is 5.69 Å². The van der Waals surface area contributed by atoms with Crippen LogP contribution >= 0.6 is 0 Å². The van der Waals surface area contributed by atoms with E-state index in [4.69, 9.17) is 0 Å². The predicted molar refractivity (Wildman–Crippen MR) is 106 cm³/mol. The number of allylic oxidation sites excluding steroid dienone is 1. The van der Waals surface area contributed by atoms with Crippen LogP contribution in [0.4, 0.5) is 17.1 Å². The Balaban J connectivity index is 2.35. The van der Waals surface area contributed by atoms with Crippen molar-refractivity contribution in [2.75, 3.05) is 5.43 Å². The molecule has 0 unspecified atom stereocenters. The molecule has 0 atom stereocenters. The van der Waals surface area contributed by atoms with Crippen LogP contribution in [0.2, 0.25) is 0 Å². The molecule has 0 saturated carbocycles. The minimum Gasteiger partial charge on any atom is -0.271 e. The average Bonchev–Trinajstić information content (AvgIpc) is 2.61. The van der Waals surface area contributed by atoms with E-state index in [-0.39, 0.29) is 16.8 Å². The van der Waals surface area contributed by atoms with Gasteiger partial charge in [-0.15, -0.1) is 0 Å². The van der Waals surface area contributed by atoms with E-state index in [2.05, 4.69) is 10.5 Å². The van der Waals surface area contributed by atoms with E-state index in [1.807, 2.05) is 63.3 Å². The molecule has 2 aromatic carbocycles. The summed E-state index contributed by atoms with van der Waals surface area (Å²) in [4.78, 5) is 20.7. The molecule has 0 amide bonds. The molecule has 0 bridgehead atoms. The number of rotatable bonds is 6. The molecule has 1 N–H and O–H groups in total. The molecule has 2 rings (SSSR count). The molecule has 2 aromatic rings. The summed E-state index contributed by atoms with van der Waals surface area (Å²) in [5.41, 5.74) is 3.34. The Kier molecular flexibility index (Phi) is 6.02. The maximum atomic E-state index is 11.2. The van der Waals surface area contributed by atoms with Gasteiger partial charge >= 0.3 is 5.69 Å². The van der Waals surface area contributed by atoms with Gasteiger partial charge in [-0.3, -0.25) is 25.7 Å². The molecule has 140 valence electrons. The first-order valence-corrected chi connectivity index (χ1v) is 8.18. The summed E-state index contributed by atoms with van der Waals surface area (Å²) in [7, 11) is 0. The minimum absolute atomic E-state index is 0.0838. The zero-order valence-electron chi connectivity index (χ0n) is 15.2. The fraction of sp³-hybridized carbons (Fsp3) is 0.211. The van der Waals surface area contributed by atoms with Gasteiger partial charge in [-0.05, 0) is 17.7 Å². The summed E-state index contributed by atoms with van der Waals surface area (Å²) in [6, 6.07) is 13.1. The Labute approximate surface area is 156 Å². The molecule has 8 nitrogen and oxygen atoms in total. The molecule has 0 aliphatic rings. The molecule has 0 aliphatic carbocycles. The van der Waals surface area contributed by atoms with Gasteiger partial charge in [-0.2, -0.15) is 5.10 Å². The Bertz CT molecular complexity index is 900. The molecule has 0 radical (unpaired) electrons. The van der Waals surface area contributed by atoms with E-state index >= 15 is 0 Å². The first kappa shape index (κ1) is 19.8. The number of hydrogen-bond donors (Lipinski definition) is 1. The van der Waals surface area contributed by atoms with E-state index in [1.165, 1.54) is 12.1 Å². The number of hydrogen-bond acceptors (Lipinski definition) is 6. The third kappa shape index (κ3) is 5.46. The summed E-state index contributed by atoms with van der Waals surface area (Å²) >= 11 is 0. The smallest absolute Gasteiger partial charge is 0.271 e. The summed E-state index contributed by atoms with van der Waals surface area (Å²) in [5, 5.41) is 26.4. The lowest BCUT2D eigenvalue weighted by molar-refractivity contribution is -0.393. The van der Waals surface area contributed by atoms with Gasteiger partial charge in [0.05, 0.1) is 21.6 Å². The molecular weight excluding hydrogens is 348 g/mol. The number of non-ortho nitro benzene ring substituents is 1. The van der Waals surface area contributed by atoms with Crippen LogP contribution in [0.25, 0.3) is 6.08 Å². The topological polar surface area (TPSA) is 111 Å². The highest BCUT2D eigenvalue weighted by Crippen LogP contribution is 2.29. The number of hydrazone groups is 1. The van der Waals surface area contributed by atoms with Gasteiger partial charge < -0.3 is 0 Å². The largest absolute Gasteiger partial charge is 0.301 e. The fourth-order valence-electron chi connectivity index (χ4n) is 2.19. The van der Waals surface area contributed by atoms with Crippen molar-refractivity contribution in [3.8, 4) is 0 Å². The quantitative estimate of drug-likeness (QED) is 0.437. The van der Waals surface area contributed by atoms with Gasteiger partial charge in [-0.1, -0.05) is 57.2 Å². The summed E-state index contributed by atoms with van der Waals surface area (Å²) < 4.78 is 0. The van der Waals surface area contributed by atoms with Gasteiger partial charge in [0.2, 0.25) is 0 Å². The Hall–Kier alpha value is -3.55. The van der Waals surface area contributed by atoms with Crippen molar-refractivity contribution in [2.45, 2.75) is 20.8 Å². The average molecular weight is 368 g/mol. The zero-order chi connectivity index (χ0) is 20.0. The number of nitro benzene ring substituents is 2. The third-order valence-electron chi connectivity index (χ3n) is 3.69. The van der Waals surface area contributed by atoms with Crippen LogP contribution < -0.4 is 5.43 Å². The maximum Gasteiger partial charge on any atom is 0.301 e. The first-order valence-electron chi connectivity index (χ1n) is 8.18. The number of anilines is 1. The SMILES string of the molecule is CC(C)(C)C(/C=C/c1ccccc1)=NNc1ccc([N+](=O)[O-])cc1[N+](=O)[O-]. The van der Waals surface area contributed by atoms with Crippen LogP contribution in [0.3, 0.4) is 0 Å². The second kappa shape index (κ2) is 8.22. The number of benzene rings is 2. The van der Waals surface area contributed by atoms with Gasteiger partial charge in [0.15, 0.2) is 0 Å². The maximum absolute atomic E-state index is 11.2. The van der Waals surface area contributed by atoms with Crippen LogP contribution in [-0.4, -0.2) is 15.6 Å². The van der Waals surface area contributed by atoms with Crippen molar-refractivity contribution in [3.05, 3.63) is 80.4 Å². The van der Waals surface area contributed by atoms with E-state index in [1.54, 1.807) is 0 Å². The van der Waals surface area contributed by atoms with Crippen molar-refractivity contribution in [1.29, 1.82) is 0 Å². The van der Waals surface area contributed by atoms with Crippen molar-refractivity contribution in [1.82, 2.24) is 0 Å². The second-order valence-electron chi connectivity index (χ2n) is 6.82. The number of nitro groups is 2. The Morgan fingerprint density at radius 1 is 1.04 bits per heavy atom. The lowest BCUT2D eigenvalue weighted by atomic mass is 9.89. The van der Waals surface area contributed by atoms with Crippen molar-refractivity contribution < 1.29 is 9.85 Å². The highest BCUT2D eigenvalue weighted by molar-refractivity contribution is 6.02. The fourth-order valence-corrected chi connectivity index (χ4v) is 2.19. The summed E-state index contributed by atoms with van der Waals surface area (Å²) in [5.74, 6) is 0. The zero-order valence-corrected chi connectivity index (χ0v) is 15.2. The van der Waals surface area contributed by atoms with Crippen molar-refractivity contribution in [3.63, 3.8) is 0 Å².